The number of carbonyl (C=O) groups is 2. The molecule has 0 saturated heterocycles. The summed E-state index contributed by atoms with van der Waals surface area (Å²) in [5.41, 5.74) is 5.85. The number of carboxylic acids is 1. The van der Waals surface area contributed by atoms with Crippen molar-refractivity contribution < 1.29 is 34.4 Å². The number of aliphatic hydroxyl groups excluding tert-OH is 2. The van der Waals surface area contributed by atoms with Crippen LogP contribution in [0.1, 0.15) is 6.92 Å². The molecule has 1 aliphatic rings. The number of hydrogen-bond donors (Lipinski definition) is 5. The minimum absolute atomic E-state index is 0.399. The van der Waals surface area contributed by atoms with Crippen molar-refractivity contribution in [3.05, 3.63) is 103 Å². The smallest absolute Gasteiger partial charge is 0.370 e. The van der Waals surface area contributed by atoms with Crippen molar-refractivity contribution in [2.45, 2.75) is 37.3 Å². The van der Waals surface area contributed by atoms with Gasteiger partial charge in [-0.05, 0) is 29.9 Å². The number of carbonyl (C=O) groups excluding carboxylic acids is 1. The molecule has 0 fully saturated rings. The van der Waals surface area contributed by atoms with Crippen molar-refractivity contribution in [3.8, 4) is 0 Å². The Kier molecular flexibility index (Phi) is 11.8. The predicted molar refractivity (Wildman–Crippen MR) is 155 cm³/mol. The first-order chi connectivity index (χ1) is 19.3. The summed E-state index contributed by atoms with van der Waals surface area (Å²) >= 11 is 0. The summed E-state index contributed by atoms with van der Waals surface area (Å²) in [5, 5.41) is 34.5. The van der Waals surface area contributed by atoms with Gasteiger partial charge >= 0.3 is 5.97 Å². The Bertz CT molecular complexity index is 1150. The van der Waals surface area contributed by atoms with Crippen LogP contribution < -0.4 is 27.0 Å². The Labute approximate surface area is 235 Å². The molecular formula is C30H35N2O7P. The lowest BCUT2D eigenvalue weighted by Crippen LogP contribution is -2.62. The van der Waals surface area contributed by atoms with Crippen LogP contribution in [0.2, 0.25) is 0 Å². The summed E-state index contributed by atoms with van der Waals surface area (Å²) in [6.07, 6.45) is -2.29. The van der Waals surface area contributed by atoms with Gasteiger partial charge in [0.1, 0.15) is 18.3 Å². The number of nitrogens with two attached hydrogens (primary N) is 1. The molecule has 1 heterocycles. The molecule has 0 aliphatic carbocycles. The second-order valence-electron chi connectivity index (χ2n) is 9.01. The number of amides is 1. The van der Waals surface area contributed by atoms with E-state index in [0.29, 0.717) is 0 Å². The molecule has 0 radical (unpaired) electrons. The monoisotopic (exact) mass is 566 g/mol. The number of nitrogens with one attached hydrogen (secondary N) is 1. The molecule has 10 heteroatoms. The van der Waals surface area contributed by atoms with Gasteiger partial charge in [0.2, 0.25) is 11.7 Å². The Morgan fingerprint density at radius 1 is 0.950 bits per heavy atom. The van der Waals surface area contributed by atoms with Gasteiger partial charge in [-0.1, -0.05) is 91.0 Å². The van der Waals surface area contributed by atoms with Crippen molar-refractivity contribution >= 4 is 35.7 Å². The van der Waals surface area contributed by atoms with Crippen LogP contribution in [0.25, 0.3) is 0 Å². The Hall–Kier alpha value is -3.59. The number of aliphatic hydroxyl groups is 2. The highest BCUT2D eigenvalue weighted by Gasteiger charge is 2.43. The maximum absolute atomic E-state index is 11.3. The van der Waals surface area contributed by atoms with Gasteiger partial charge in [0.05, 0.1) is 18.7 Å². The van der Waals surface area contributed by atoms with E-state index in [0.717, 1.165) is 6.08 Å². The molecule has 1 amide bonds. The number of ether oxygens (including phenoxy) is 2. The van der Waals surface area contributed by atoms with E-state index in [4.69, 9.17) is 25.4 Å². The fourth-order valence-electron chi connectivity index (χ4n) is 4.36. The van der Waals surface area contributed by atoms with Crippen molar-refractivity contribution in [1.82, 2.24) is 5.32 Å². The molecule has 9 nitrogen and oxygen atoms in total. The maximum Gasteiger partial charge on any atom is 0.370 e. The summed E-state index contributed by atoms with van der Waals surface area (Å²) in [6.45, 7) is 0.650. The highest BCUT2D eigenvalue weighted by atomic mass is 31.1. The maximum atomic E-state index is 11.3. The molecule has 4 rings (SSSR count). The van der Waals surface area contributed by atoms with E-state index < -0.39 is 62.6 Å². The van der Waals surface area contributed by atoms with Crippen LogP contribution in [0.4, 0.5) is 0 Å². The van der Waals surface area contributed by atoms with Crippen LogP contribution in [-0.4, -0.2) is 71.3 Å². The molecule has 0 unspecified atom stereocenters. The third-order valence-electron chi connectivity index (χ3n) is 6.16. The van der Waals surface area contributed by atoms with Gasteiger partial charge in [-0.2, -0.15) is 0 Å². The first-order valence-electron chi connectivity index (χ1n) is 12.7. The number of carboxylic acid groups (broad SMARTS) is 1. The third-order valence-corrected chi connectivity index (χ3v) is 8.61. The average Bonchev–Trinajstić information content (AvgIpc) is 2.97. The molecule has 0 aromatic heterocycles. The van der Waals surface area contributed by atoms with E-state index in [1.165, 1.54) is 29.9 Å². The quantitative estimate of drug-likeness (QED) is 0.241. The first kappa shape index (κ1) is 30.9. The van der Waals surface area contributed by atoms with E-state index in [1.807, 2.05) is 0 Å². The normalized spacial score (nSPS) is 19.8. The summed E-state index contributed by atoms with van der Waals surface area (Å²) in [4.78, 5) is 22.3. The van der Waals surface area contributed by atoms with E-state index in [9.17, 15) is 14.7 Å². The van der Waals surface area contributed by atoms with Crippen LogP contribution in [-0.2, 0) is 19.1 Å². The number of aliphatic carboxylic acids is 1. The highest BCUT2D eigenvalue weighted by Crippen LogP contribution is 2.32. The number of hydrogen-bond acceptors (Lipinski definition) is 7. The summed E-state index contributed by atoms with van der Waals surface area (Å²) in [7, 11) is 0.820. The van der Waals surface area contributed by atoms with Gasteiger partial charge in [-0.3, -0.25) is 4.79 Å². The van der Waals surface area contributed by atoms with Gasteiger partial charge in [0, 0.05) is 14.0 Å². The van der Waals surface area contributed by atoms with Crippen LogP contribution in [0.15, 0.2) is 103 Å². The second kappa shape index (κ2) is 15.3. The Morgan fingerprint density at radius 2 is 1.40 bits per heavy atom. The zero-order valence-corrected chi connectivity index (χ0v) is 23.2. The van der Waals surface area contributed by atoms with Crippen molar-refractivity contribution in [2.75, 3.05) is 13.7 Å². The minimum atomic E-state index is -1.33. The first-order valence-corrected chi connectivity index (χ1v) is 14.0. The molecular weight excluding hydrogens is 531 g/mol. The lowest BCUT2D eigenvalue weighted by atomic mass is 9.92. The van der Waals surface area contributed by atoms with Gasteiger partial charge in [0.15, 0.2) is 0 Å². The Balaban J connectivity index is 0.000000221. The fraction of sp³-hybridized carbons (Fsp3) is 0.267. The molecule has 6 N–H and O–H groups in total. The fourth-order valence-corrected chi connectivity index (χ4v) is 6.66. The van der Waals surface area contributed by atoms with Crippen LogP contribution >= 0.6 is 7.92 Å². The van der Waals surface area contributed by atoms with Crippen molar-refractivity contribution in [2.24, 2.45) is 5.73 Å². The third kappa shape index (κ3) is 8.21. The van der Waals surface area contributed by atoms with Crippen LogP contribution in [0, 0.1) is 0 Å². The van der Waals surface area contributed by atoms with Gasteiger partial charge in [-0.25, -0.2) is 4.79 Å². The molecule has 0 spiro atoms. The molecule has 5 atom stereocenters. The Morgan fingerprint density at radius 3 is 1.75 bits per heavy atom. The zero-order chi connectivity index (χ0) is 29.1. The molecule has 0 saturated carbocycles. The number of benzene rings is 3. The minimum Gasteiger partial charge on any atom is -0.478 e. The molecule has 0 bridgehead atoms. The van der Waals surface area contributed by atoms with Crippen molar-refractivity contribution in [3.63, 3.8) is 0 Å². The van der Waals surface area contributed by atoms with Gasteiger partial charge in [-0.15, -0.1) is 0 Å². The highest BCUT2D eigenvalue weighted by molar-refractivity contribution is 7.79. The molecule has 1 aliphatic heterocycles. The molecule has 212 valence electrons. The number of methoxy groups -OCH3 is 1. The standard InChI is InChI=1S/C18H15P.C12H20N2O7/c1-4-10-16(11-5-1)19(17-12-6-2-7-13-17)18-14-8-3-9-15-18;1-5(16)14-9-6(13)3-8(12(18)19)21-11(9)10(20-2)7(17)4-15/h1-15H;3,6-7,9-11,15,17H,4,13H2,1-2H3,(H,14,16)(H,18,19)/t;6-,7+,9+,10+,11+/m.0/s1. The van der Waals surface area contributed by atoms with Gasteiger partial charge < -0.3 is 35.8 Å². The molecule has 3 aromatic rings. The predicted octanol–water partition coefficient (Wildman–Crippen LogP) is 0.999. The largest absolute Gasteiger partial charge is 0.478 e. The van der Waals surface area contributed by atoms with Gasteiger partial charge in [0.25, 0.3) is 0 Å². The van der Waals surface area contributed by atoms with Crippen LogP contribution in [0.3, 0.4) is 0 Å². The summed E-state index contributed by atoms with van der Waals surface area (Å²) < 4.78 is 10.3. The molecule has 40 heavy (non-hydrogen) atoms. The van der Waals surface area contributed by atoms with E-state index in [2.05, 4.69) is 96.3 Å². The lowest BCUT2D eigenvalue weighted by molar-refractivity contribution is -0.149. The summed E-state index contributed by atoms with van der Waals surface area (Å²) in [6, 6.07) is 30.7. The second-order valence-corrected chi connectivity index (χ2v) is 11.2. The lowest BCUT2D eigenvalue weighted by Gasteiger charge is -2.39. The topological polar surface area (TPSA) is 151 Å². The SMILES string of the molecule is CO[C@@H]([C@@H]1OC(C(=O)O)=C[C@H](N)[C@H]1NC(C)=O)[C@H](O)CO.c1ccc(P(c2ccccc2)c2ccccc2)cc1. The van der Waals surface area contributed by atoms with E-state index in [1.54, 1.807) is 0 Å². The number of rotatable bonds is 9. The average molecular weight is 567 g/mol. The van der Waals surface area contributed by atoms with Crippen molar-refractivity contribution in [1.29, 1.82) is 0 Å². The zero-order valence-electron chi connectivity index (χ0n) is 22.3. The van der Waals surface area contributed by atoms with E-state index in [-0.39, 0.29) is 0 Å². The van der Waals surface area contributed by atoms with E-state index >= 15 is 0 Å². The van der Waals surface area contributed by atoms with Crippen LogP contribution in [0.5, 0.6) is 0 Å². The summed E-state index contributed by atoms with van der Waals surface area (Å²) in [5.74, 6) is -2.13. The molecule has 3 aromatic carbocycles.